The van der Waals surface area contributed by atoms with Crippen LogP contribution in [-0.2, 0) is 38.5 Å². The lowest BCUT2D eigenvalue weighted by molar-refractivity contribution is 0.0553. The van der Waals surface area contributed by atoms with Gasteiger partial charge < -0.3 is 9.80 Å². The lowest BCUT2D eigenvalue weighted by Gasteiger charge is -2.40. The van der Waals surface area contributed by atoms with Gasteiger partial charge in [0, 0.05) is 66.2 Å². The van der Waals surface area contributed by atoms with E-state index in [1.807, 2.05) is 7.05 Å². The van der Waals surface area contributed by atoms with E-state index in [4.69, 9.17) is 15.9 Å². The number of halogens is 1. The van der Waals surface area contributed by atoms with Crippen molar-refractivity contribution < 1.29 is 21.7 Å². The van der Waals surface area contributed by atoms with Crippen LogP contribution in [-0.4, -0.2) is 82.7 Å². The molecule has 2 atom stereocenters. The second-order valence-electron chi connectivity index (χ2n) is 9.62. The molecule has 2 unspecified atom stereocenters. The number of carbonyl (C=O) groups excluding carboxylic acids is 1. The summed E-state index contributed by atoms with van der Waals surface area (Å²) >= 11 is 6.90. The zero-order chi connectivity index (χ0) is 27.3. The Bertz CT molecular complexity index is 1610. The van der Waals surface area contributed by atoms with E-state index < -0.39 is 27.3 Å². The van der Waals surface area contributed by atoms with Crippen molar-refractivity contribution in [3.8, 4) is 0 Å². The van der Waals surface area contributed by atoms with Crippen molar-refractivity contribution in [1.82, 2.24) is 24.6 Å². The van der Waals surface area contributed by atoms with Gasteiger partial charge in [0.05, 0.1) is 5.69 Å². The average Bonchev–Trinajstić information content (AvgIpc) is 3.64. The summed E-state index contributed by atoms with van der Waals surface area (Å²) in [7, 11) is -1.76. The number of rotatable bonds is 6. The molecule has 0 radical (unpaired) electrons. The Labute approximate surface area is 241 Å². The molecule has 0 spiro atoms. The summed E-state index contributed by atoms with van der Waals surface area (Å²) in [6, 6.07) is 6.52. The molecule has 2 aromatic heterocycles. The van der Waals surface area contributed by atoms with Crippen LogP contribution >= 0.6 is 34.3 Å². The number of hydroxylamine groups is 1. The second kappa shape index (κ2) is 10.8. The fourth-order valence-electron chi connectivity index (χ4n) is 4.94. The highest BCUT2D eigenvalue weighted by Crippen LogP contribution is 2.34. The number of carbonyl (C=O) groups is 1. The van der Waals surface area contributed by atoms with E-state index in [1.54, 1.807) is 29.2 Å². The molecule has 3 aliphatic heterocycles. The van der Waals surface area contributed by atoms with Crippen LogP contribution in [0.1, 0.15) is 33.2 Å². The third kappa shape index (κ3) is 5.51. The number of amidine groups is 1. The Morgan fingerprint density at radius 2 is 2.10 bits per heavy atom. The molecular weight excluding hydrogens is 604 g/mol. The van der Waals surface area contributed by atoms with Gasteiger partial charge in [-0.25, -0.2) is 23.1 Å². The number of hydrogen-bond acceptors (Lipinski definition) is 10. The standard InChI is InChI=1S/C23H25ClN6O5S4/c1-28-7-6-17-19(13-28)37-22(25-17)23(31)30-9-8-29(12-16(30)4-5-20-26-35-38(32)27-20)39(33,34)21-10-14-2-3-15(24)11-18(14)36-21/h2-3,10-11,16H,4-9,12-13H2,1H3,(H,26,27). The molecule has 3 aromatic rings. The zero-order valence-electron chi connectivity index (χ0n) is 20.8. The van der Waals surface area contributed by atoms with Crippen molar-refractivity contribution in [2.24, 2.45) is 4.40 Å². The molecule has 1 saturated heterocycles. The van der Waals surface area contributed by atoms with Crippen molar-refractivity contribution in [3.63, 3.8) is 0 Å². The van der Waals surface area contributed by atoms with Crippen LogP contribution in [0.3, 0.4) is 0 Å². The Kier molecular flexibility index (Phi) is 7.52. The van der Waals surface area contributed by atoms with E-state index in [0.29, 0.717) is 28.7 Å². The molecule has 39 heavy (non-hydrogen) atoms. The van der Waals surface area contributed by atoms with Gasteiger partial charge in [-0.15, -0.1) is 27.1 Å². The van der Waals surface area contributed by atoms with Crippen molar-refractivity contribution in [3.05, 3.63) is 44.9 Å². The normalized spacial score (nSPS) is 22.6. The summed E-state index contributed by atoms with van der Waals surface area (Å²) in [5.41, 5.74) is 3.50. The number of fused-ring (bicyclic) bond motifs is 2. The van der Waals surface area contributed by atoms with Crippen LogP contribution in [0.5, 0.6) is 0 Å². The van der Waals surface area contributed by atoms with Gasteiger partial charge in [0.15, 0.2) is 5.01 Å². The number of benzene rings is 1. The van der Waals surface area contributed by atoms with Crippen molar-refractivity contribution in [1.29, 1.82) is 0 Å². The van der Waals surface area contributed by atoms with E-state index in [2.05, 4.69) is 19.8 Å². The van der Waals surface area contributed by atoms with Crippen LogP contribution in [0.15, 0.2) is 32.9 Å². The molecule has 1 aromatic carbocycles. The minimum Gasteiger partial charge on any atom is -0.331 e. The molecule has 16 heteroatoms. The molecule has 11 nitrogen and oxygen atoms in total. The maximum atomic E-state index is 13.7. The van der Waals surface area contributed by atoms with Gasteiger partial charge in [-0.1, -0.05) is 17.7 Å². The van der Waals surface area contributed by atoms with E-state index in [1.165, 1.54) is 27.0 Å². The zero-order valence-corrected chi connectivity index (χ0v) is 24.9. The van der Waals surface area contributed by atoms with Gasteiger partial charge in [-0.05, 0) is 37.1 Å². The number of amides is 1. The third-order valence-corrected chi connectivity index (χ3v) is 12.3. The number of hydrogen-bond donors (Lipinski definition) is 1. The van der Waals surface area contributed by atoms with E-state index >= 15 is 0 Å². The highest BCUT2D eigenvalue weighted by molar-refractivity contribution is 7.91. The highest BCUT2D eigenvalue weighted by Gasteiger charge is 2.38. The fraction of sp³-hybridized carbons (Fsp3) is 0.435. The topological polar surface area (TPSA) is 125 Å². The highest BCUT2D eigenvalue weighted by atomic mass is 35.5. The van der Waals surface area contributed by atoms with Crippen molar-refractivity contribution in [2.75, 3.05) is 33.2 Å². The first-order valence-electron chi connectivity index (χ1n) is 12.3. The number of piperazine rings is 1. The minimum absolute atomic E-state index is 0.119. The molecule has 0 aliphatic carbocycles. The number of nitrogens with one attached hydrogen (secondary N) is 1. The molecule has 0 saturated carbocycles. The Morgan fingerprint density at radius 1 is 1.26 bits per heavy atom. The number of likely N-dealkylation sites (N-methyl/N-ethyl adjacent to an activating group) is 1. The number of thiophene rings is 1. The second-order valence-corrected chi connectivity index (χ2v) is 15.2. The molecule has 0 bridgehead atoms. The van der Waals surface area contributed by atoms with E-state index in [-0.39, 0.29) is 29.8 Å². The minimum atomic E-state index is -3.80. The molecular formula is C23H25ClN6O5S4. The first kappa shape index (κ1) is 27.2. The van der Waals surface area contributed by atoms with E-state index in [9.17, 15) is 17.4 Å². The number of aromatic nitrogens is 1. The average molecular weight is 629 g/mol. The maximum Gasteiger partial charge on any atom is 0.309 e. The summed E-state index contributed by atoms with van der Waals surface area (Å²) in [6.07, 6.45) is 1.54. The lowest BCUT2D eigenvalue weighted by atomic mass is 10.1. The third-order valence-electron chi connectivity index (χ3n) is 6.99. The quantitative estimate of drug-likeness (QED) is 0.442. The van der Waals surface area contributed by atoms with Gasteiger partial charge in [-0.2, -0.15) is 8.59 Å². The Balaban J connectivity index is 1.25. The molecule has 208 valence electrons. The van der Waals surface area contributed by atoms with Gasteiger partial charge in [0.25, 0.3) is 15.9 Å². The predicted molar refractivity (Wildman–Crippen MR) is 152 cm³/mol. The summed E-state index contributed by atoms with van der Waals surface area (Å²) in [4.78, 5) is 23.4. The van der Waals surface area contributed by atoms with Gasteiger partial charge in [0.1, 0.15) is 10.0 Å². The molecule has 6 rings (SSSR count). The number of thiazole rings is 1. The van der Waals surface area contributed by atoms with Crippen molar-refractivity contribution in [2.45, 2.75) is 36.1 Å². The van der Waals surface area contributed by atoms with Gasteiger partial charge in [-0.3, -0.25) is 4.79 Å². The Morgan fingerprint density at radius 3 is 2.90 bits per heavy atom. The maximum absolute atomic E-state index is 13.7. The van der Waals surface area contributed by atoms with Crippen LogP contribution in [0.25, 0.3) is 10.1 Å². The molecule has 1 amide bonds. The largest absolute Gasteiger partial charge is 0.331 e. The van der Waals surface area contributed by atoms with E-state index in [0.717, 1.165) is 40.2 Å². The molecule has 5 heterocycles. The smallest absolute Gasteiger partial charge is 0.309 e. The van der Waals surface area contributed by atoms with Crippen LogP contribution in [0.2, 0.25) is 5.02 Å². The predicted octanol–water partition coefficient (Wildman–Crippen LogP) is 2.81. The molecule has 1 N–H and O–H groups in total. The van der Waals surface area contributed by atoms with Crippen LogP contribution < -0.4 is 5.48 Å². The summed E-state index contributed by atoms with van der Waals surface area (Å²) in [6.45, 7) is 2.17. The SMILES string of the molecule is CN1CCc2nc(C(=O)N3CCN(S(=O)(=O)c4cc5ccc(Cl)cc5s4)CC3CCC3=NS(=O)ON3)sc2C1. The molecule has 1 fully saturated rings. The monoisotopic (exact) mass is 628 g/mol. The first-order chi connectivity index (χ1) is 18.7. The Hall–Kier alpha value is -1.98. The molecule has 3 aliphatic rings. The van der Waals surface area contributed by atoms with Gasteiger partial charge in [0.2, 0.25) is 0 Å². The number of nitrogens with zero attached hydrogens (tertiary/aromatic N) is 5. The van der Waals surface area contributed by atoms with Crippen molar-refractivity contribution >= 4 is 77.4 Å². The summed E-state index contributed by atoms with van der Waals surface area (Å²) < 4.78 is 50.0. The van der Waals surface area contributed by atoms with Crippen LogP contribution in [0, 0.1) is 0 Å². The summed E-state index contributed by atoms with van der Waals surface area (Å²) in [5.74, 6) is 0.201. The van der Waals surface area contributed by atoms with Gasteiger partial charge >= 0.3 is 11.3 Å². The van der Waals surface area contributed by atoms with Crippen LogP contribution in [0.4, 0.5) is 0 Å². The summed E-state index contributed by atoms with van der Waals surface area (Å²) in [5, 5.41) is 1.79. The fourth-order valence-corrected chi connectivity index (χ4v) is 9.90. The lowest BCUT2D eigenvalue weighted by Crippen LogP contribution is -2.56. The first-order valence-corrected chi connectivity index (χ1v) is 16.8. The number of sulfonamides is 1.